The van der Waals surface area contributed by atoms with Crippen LogP contribution in [-0.4, -0.2) is 132 Å². The number of carbonyl (C=O) groups excluding carboxylic acids is 1. The molecule has 2 saturated carbocycles. The van der Waals surface area contributed by atoms with Crippen molar-refractivity contribution in [1.82, 2.24) is 29.5 Å². The normalized spacial score (nSPS) is 24.1. The number of ether oxygens (including phenoxy) is 3. The molecule has 5 fully saturated rings. The van der Waals surface area contributed by atoms with Crippen molar-refractivity contribution < 1.29 is 41.8 Å². The lowest BCUT2D eigenvalue weighted by molar-refractivity contribution is -0.384. The molecule has 2 aliphatic carbocycles. The number of aromatic amines is 1. The van der Waals surface area contributed by atoms with Crippen LogP contribution >= 0.6 is 0 Å². The number of nitrogens with one attached hydrogen (secondary N) is 3. The minimum absolute atomic E-state index is 0.00797. The van der Waals surface area contributed by atoms with Gasteiger partial charge >= 0.3 is 5.69 Å². The number of hydrogen-bond acceptors (Lipinski definition) is 15. The van der Waals surface area contributed by atoms with Crippen molar-refractivity contribution in [3.05, 3.63) is 106 Å². The summed E-state index contributed by atoms with van der Waals surface area (Å²) in [7, 11) is -4.70. The summed E-state index contributed by atoms with van der Waals surface area (Å²) in [6.07, 6.45) is 10.4. The number of pyridine rings is 2. The van der Waals surface area contributed by atoms with E-state index in [-0.39, 0.29) is 51.7 Å². The third-order valence-electron chi connectivity index (χ3n) is 16.0. The number of H-pyrrole nitrogens is 1. The van der Waals surface area contributed by atoms with Gasteiger partial charge in [0.05, 0.1) is 59.8 Å². The van der Waals surface area contributed by atoms with Crippen LogP contribution in [0.2, 0.25) is 0 Å². The molecule has 3 aromatic heterocycles. The van der Waals surface area contributed by atoms with Crippen molar-refractivity contribution in [1.29, 1.82) is 0 Å². The molecule has 20 heteroatoms. The minimum Gasteiger partial charge on any atom is -0.455 e. The highest BCUT2D eigenvalue weighted by atomic mass is 32.2. The Kier molecular flexibility index (Phi) is 14.5. The lowest BCUT2D eigenvalue weighted by atomic mass is 9.59. The number of aromatic nitrogens is 3. The van der Waals surface area contributed by atoms with E-state index in [0.29, 0.717) is 56.8 Å². The molecule has 390 valence electrons. The van der Waals surface area contributed by atoms with E-state index in [1.165, 1.54) is 35.7 Å². The van der Waals surface area contributed by atoms with E-state index in [4.69, 9.17) is 14.2 Å². The largest absolute Gasteiger partial charge is 0.455 e. The number of amides is 1. The molecular formula is C53H66FN9O9S. The molecule has 3 saturated heterocycles. The molecule has 3 aliphatic heterocycles. The van der Waals surface area contributed by atoms with Crippen LogP contribution in [0.5, 0.6) is 11.5 Å². The van der Waals surface area contributed by atoms with Crippen LogP contribution in [0.1, 0.15) is 106 Å². The zero-order valence-electron chi connectivity index (χ0n) is 41.7. The third-order valence-corrected chi connectivity index (χ3v) is 17.3. The monoisotopic (exact) mass is 1020 g/mol. The van der Waals surface area contributed by atoms with Gasteiger partial charge in [-0.1, -0.05) is 38.1 Å². The first-order valence-electron chi connectivity index (χ1n) is 25.7. The summed E-state index contributed by atoms with van der Waals surface area (Å²) in [6, 6.07) is 16.9. The summed E-state index contributed by atoms with van der Waals surface area (Å²) in [6.45, 7) is 13.9. The maximum atomic E-state index is 14.7. The van der Waals surface area contributed by atoms with Crippen molar-refractivity contribution in [3.8, 4) is 11.5 Å². The zero-order chi connectivity index (χ0) is 51.1. The van der Waals surface area contributed by atoms with Gasteiger partial charge in [0, 0.05) is 81.9 Å². The van der Waals surface area contributed by atoms with Crippen LogP contribution in [-0.2, 0) is 19.5 Å². The van der Waals surface area contributed by atoms with Gasteiger partial charge in [-0.2, -0.15) is 0 Å². The van der Waals surface area contributed by atoms with E-state index in [9.17, 15) is 32.8 Å². The number of aliphatic hydroxyl groups is 1. The molecule has 1 spiro atoms. The molecule has 4 N–H and O–H groups in total. The van der Waals surface area contributed by atoms with Crippen molar-refractivity contribution in [3.63, 3.8) is 0 Å². The van der Waals surface area contributed by atoms with Gasteiger partial charge in [-0.3, -0.25) is 24.7 Å². The van der Waals surface area contributed by atoms with Gasteiger partial charge in [0.2, 0.25) is 5.82 Å². The number of sulfonamides is 1. The van der Waals surface area contributed by atoms with E-state index < -0.39 is 42.9 Å². The Bertz CT molecular complexity index is 2920. The number of piperazine rings is 1. The fourth-order valence-corrected chi connectivity index (χ4v) is 12.7. The molecule has 2 atom stereocenters. The zero-order valence-corrected chi connectivity index (χ0v) is 42.5. The quantitative estimate of drug-likeness (QED) is 0.0579. The highest BCUT2D eigenvalue weighted by Crippen LogP contribution is 2.53. The number of rotatable bonds is 15. The highest BCUT2D eigenvalue weighted by molar-refractivity contribution is 7.90. The van der Waals surface area contributed by atoms with Gasteiger partial charge in [-0.05, 0) is 105 Å². The third kappa shape index (κ3) is 11.2. The summed E-state index contributed by atoms with van der Waals surface area (Å²) in [5.41, 5.74) is 2.60. The molecule has 1 amide bonds. The predicted octanol–water partition coefficient (Wildman–Crippen LogP) is 7.92. The van der Waals surface area contributed by atoms with E-state index in [1.54, 1.807) is 19.1 Å². The smallest absolute Gasteiger partial charge is 0.312 e. The Labute approximate surface area is 425 Å². The molecule has 0 bridgehead atoms. The summed E-state index contributed by atoms with van der Waals surface area (Å²) < 4.78 is 62.4. The van der Waals surface area contributed by atoms with E-state index in [0.717, 1.165) is 95.7 Å². The number of carbonyl (C=O) groups is 1. The summed E-state index contributed by atoms with van der Waals surface area (Å²) in [4.78, 5) is 43.6. The number of anilines is 2. The molecule has 10 rings (SSSR count). The Morgan fingerprint density at radius 3 is 2.55 bits per heavy atom. The fraction of sp³-hybridized carbons (Fsp3) is 0.528. The topological polar surface area (TPSA) is 218 Å². The van der Waals surface area contributed by atoms with E-state index in [1.807, 2.05) is 0 Å². The number of nitro groups is 1. The average Bonchev–Trinajstić information content (AvgIpc) is 3.74. The fourth-order valence-electron chi connectivity index (χ4n) is 11.8. The van der Waals surface area contributed by atoms with E-state index >= 15 is 0 Å². The first-order chi connectivity index (χ1) is 35.0. The molecule has 73 heavy (non-hydrogen) atoms. The Balaban J connectivity index is 0.836. The lowest BCUT2D eigenvalue weighted by Gasteiger charge is -2.58. The maximum Gasteiger partial charge on any atom is 0.312 e. The van der Waals surface area contributed by atoms with Gasteiger partial charge in [-0.25, -0.2) is 27.5 Å². The number of fused-ring (bicyclic) bond motifs is 1. The number of nitrogens with zero attached hydrogens (tertiary/aromatic N) is 6. The summed E-state index contributed by atoms with van der Waals surface area (Å²) in [5.74, 6) is -1.03. The Morgan fingerprint density at radius 1 is 1.03 bits per heavy atom. The second-order valence-corrected chi connectivity index (χ2v) is 23.1. The molecular weight excluding hydrogens is 958 g/mol. The minimum atomic E-state index is -4.70. The number of halogens is 1. The SMILES string of the molecule is CC(C)c1ccccc1[C@@H]1CN(C[C@H]2COCCO2)CCN1C1CC2(CCN(c3ccc(C(=O)NS(=O)(=O)c4cnc(NCC5CCC(C)(O)CC5)c([N+](=O)[O-])c4)c(Oc4cnc5[nH]cc(F)c5c4)c3)CC2)C1. The van der Waals surface area contributed by atoms with Gasteiger partial charge in [0.15, 0.2) is 0 Å². The number of hydrogen-bond donors (Lipinski definition) is 4. The van der Waals surface area contributed by atoms with Crippen LogP contribution in [0.15, 0.2) is 78.1 Å². The number of benzene rings is 2. The van der Waals surface area contributed by atoms with Crippen molar-refractivity contribution >= 4 is 44.2 Å². The maximum absolute atomic E-state index is 14.7. The molecule has 2 aromatic carbocycles. The highest BCUT2D eigenvalue weighted by Gasteiger charge is 2.50. The van der Waals surface area contributed by atoms with Crippen LogP contribution < -0.4 is 19.7 Å². The molecule has 18 nitrogen and oxygen atoms in total. The lowest BCUT2D eigenvalue weighted by Crippen LogP contribution is -2.60. The number of piperidine rings is 1. The molecule has 0 unspecified atom stereocenters. The second-order valence-electron chi connectivity index (χ2n) is 21.5. The van der Waals surface area contributed by atoms with E-state index in [2.05, 4.69) is 77.8 Å². The summed E-state index contributed by atoms with van der Waals surface area (Å²) in [5, 5.41) is 25.7. The van der Waals surface area contributed by atoms with Gasteiger partial charge in [0.25, 0.3) is 15.9 Å². The van der Waals surface area contributed by atoms with Crippen LogP contribution in [0.25, 0.3) is 11.0 Å². The standard InChI is InChI=1S/C53H66FN9O9S/c1-34(2)41-6-4-5-7-42(41)47-32-60(31-39-33-70-20-21-71-39)18-19-62(47)37-25-53(26-37)14-16-61(17-15-53)36-8-9-43(48(22-36)72-38-23-44-45(54)30-58-49(44)56-28-38)51(64)59-73(68,69)40-24-46(63(66)67)50(57-29-40)55-27-35-10-12-52(3,65)13-11-35/h4-9,22-24,28-30,34-35,37,39,47,65H,10-21,25-27,31-33H2,1-3H3,(H,55,57)(H,56,58)(H,59,64)/t35?,39-,47-,52?/m0/s1. The van der Waals surface area contributed by atoms with Crippen molar-refractivity contribution in [2.45, 2.75) is 107 Å². The van der Waals surface area contributed by atoms with Gasteiger partial charge in [-0.15, -0.1) is 0 Å². The van der Waals surface area contributed by atoms with Crippen LogP contribution in [0.3, 0.4) is 0 Å². The van der Waals surface area contributed by atoms with Gasteiger partial charge in [0.1, 0.15) is 27.9 Å². The predicted molar refractivity (Wildman–Crippen MR) is 273 cm³/mol. The van der Waals surface area contributed by atoms with Crippen LogP contribution in [0, 0.1) is 27.3 Å². The summed E-state index contributed by atoms with van der Waals surface area (Å²) >= 11 is 0. The molecule has 5 aromatic rings. The molecule has 5 aliphatic rings. The first-order valence-corrected chi connectivity index (χ1v) is 27.1. The first kappa shape index (κ1) is 50.7. The molecule has 0 radical (unpaired) electrons. The van der Waals surface area contributed by atoms with Gasteiger partial charge < -0.3 is 34.5 Å². The van der Waals surface area contributed by atoms with Crippen molar-refractivity contribution in [2.24, 2.45) is 11.3 Å². The second kappa shape index (κ2) is 20.9. The van der Waals surface area contributed by atoms with Crippen LogP contribution in [0.4, 0.5) is 21.6 Å². The average molecular weight is 1020 g/mol. The van der Waals surface area contributed by atoms with Crippen molar-refractivity contribution in [2.75, 3.05) is 75.9 Å². The Hall–Kier alpha value is -5.77. The Morgan fingerprint density at radius 2 is 1.81 bits per heavy atom. The molecule has 6 heterocycles.